The van der Waals surface area contributed by atoms with Crippen molar-refractivity contribution in [2.24, 2.45) is 0 Å². The minimum atomic E-state index is -0.0110. The van der Waals surface area contributed by atoms with E-state index in [9.17, 15) is 4.79 Å². The first-order valence-electron chi connectivity index (χ1n) is 4.40. The third-order valence-electron chi connectivity index (χ3n) is 1.71. The van der Waals surface area contributed by atoms with Crippen molar-refractivity contribution in [3.8, 4) is 5.88 Å². The van der Waals surface area contributed by atoms with Crippen LogP contribution in [0.4, 0.5) is 0 Å². The standard InChI is InChI=1S/C9H14N2O2/c1-4-11-6-8(7(3)12)9(10-11)13-5-2/h6H,4-5H2,1-3H3. The molecule has 0 bridgehead atoms. The van der Waals surface area contributed by atoms with Crippen LogP contribution in [0.1, 0.15) is 31.1 Å². The van der Waals surface area contributed by atoms with Crippen LogP contribution in [-0.4, -0.2) is 22.2 Å². The Morgan fingerprint density at radius 2 is 2.31 bits per heavy atom. The minimum absolute atomic E-state index is 0.0110. The van der Waals surface area contributed by atoms with E-state index >= 15 is 0 Å². The predicted molar refractivity (Wildman–Crippen MR) is 49.1 cm³/mol. The largest absolute Gasteiger partial charge is 0.476 e. The Hall–Kier alpha value is -1.32. The maximum Gasteiger partial charge on any atom is 0.243 e. The SMILES string of the molecule is CCOc1nn(CC)cc1C(C)=O. The number of aryl methyl sites for hydroxylation is 1. The molecule has 0 fully saturated rings. The first kappa shape index (κ1) is 9.77. The van der Waals surface area contributed by atoms with Crippen LogP contribution in [0.2, 0.25) is 0 Å². The lowest BCUT2D eigenvalue weighted by Crippen LogP contribution is -1.98. The molecule has 0 aromatic carbocycles. The molecule has 1 heterocycles. The molecule has 0 unspecified atom stereocenters. The molecule has 0 radical (unpaired) electrons. The van der Waals surface area contributed by atoms with Crippen LogP contribution in [0.5, 0.6) is 5.88 Å². The van der Waals surface area contributed by atoms with E-state index in [1.165, 1.54) is 6.92 Å². The Bertz CT molecular complexity index is 305. The average molecular weight is 182 g/mol. The van der Waals surface area contributed by atoms with Gasteiger partial charge in [-0.1, -0.05) is 0 Å². The van der Waals surface area contributed by atoms with Gasteiger partial charge < -0.3 is 4.74 Å². The quantitative estimate of drug-likeness (QED) is 0.663. The van der Waals surface area contributed by atoms with E-state index in [0.29, 0.717) is 18.1 Å². The molecule has 0 saturated heterocycles. The van der Waals surface area contributed by atoms with E-state index in [1.807, 2.05) is 13.8 Å². The molecule has 4 nitrogen and oxygen atoms in total. The summed E-state index contributed by atoms with van der Waals surface area (Å²) in [5.74, 6) is 0.431. The van der Waals surface area contributed by atoms with Gasteiger partial charge in [0.1, 0.15) is 0 Å². The highest BCUT2D eigenvalue weighted by molar-refractivity contribution is 5.96. The first-order valence-corrected chi connectivity index (χ1v) is 4.40. The molecule has 4 heteroatoms. The Balaban J connectivity index is 3.00. The third kappa shape index (κ3) is 2.08. The lowest BCUT2D eigenvalue weighted by Gasteiger charge is -1.98. The molecule has 13 heavy (non-hydrogen) atoms. The Kier molecular flexibility index (Phi) is 3.06. The fourth-order valence-corrected chi connectivity index (χ4v) is 1.05. The fourth-order valence-electron chi connectivity index (χ4n) is 1.05. The highest BCUT2D eigenvalue weighted by atomic mass is 16.5. The van der Waals surface area contributed by atoms with Crippen molar-refractivity contribution in [2.75, 3.05) is 6.61 Å². The third-order valence-corrected chi connectivity index (χ3v) is 1.71. The number of ketones is 1. The van der Waals surface area contributed by atoms with Gasteiger partial charge in [-0.05, 0) is 20.8 Å². The summed E-state index contributed by atoms with van der Waals surface area (Å²) in [5.41, 5.74) is 0.559. The summed E-state index contributed by atoms with van der Waals surface area (Å²) in [4.78, 5) is 11.1. The Labute approximate surface area is 77.5 Å². The van der Waals surface area contributed by atoms with Gasteiger partial charge in [-0.2, -0.15) is 0 Å². The molecule has 0 atom stereocenters. The number of aromatic nitrogens is 2. The van der Waals surface area contributed by atoms with Crippen molar-refractivity contribution in [3.05, 3.63) is 11.8 Å². The van der Waals surface area contributed by atoms with Crippen molar-refractivity contribution >= 4 is 5.78 Å². The molecule has 0 aliphatic rings. The smallest absolute Gasteiger partial charge is 0.243 e. The summed E-state index contributed by atoms with van der Waals surface area (Å²) >= 11 is 0. The fraction of sp³-hybridized carbons (Fsp3) is 0.556. The molecular formula is C9H14N2O2. The van der Waals surface area contributed by atoms with Crippen molar-refractivity contribution in [2.45, 2.75) is 27.3 Å². The second-order valence-electron chi connectivity index (χ2n) is 2.69. The number of Topliss-reactive ketones (excluding diaryl/α,β-unsaturated/α-hetero) is 1. The van der Waals surface area contributed by atoms with Crippen LogP contribution in [0.3, 0.4) is 0 Å². The summed E-state index contributed by atoms with van der Waals surface area (Å²) < 4.78 is 6.92. The van der Waals surface area contributed by atoms with Gasteiger partial charge in [0.05, 0.1) is 12.2 Å². The van der Waals surface area contributed by atoms with Crippen molar-refractivity contribution in [3.63, 3.8) is 0 Å². The van der Waals surface area contributed by atoms with E-state index in [0.717, 1.165) is 6.54 Å². The van der Waals surface area contributed by atoms with Gasteiger partial charge in [-0.3, -0.25) is 9.48 Å². The van der Waals surface area contributed by atoms with Gasteiger partial charge in [0.2, 0.25) is 5.88 Å². The molecule has 0 amide bonds. The van der Waals surface area contributed by atoms with Gasteiger partial charge in [-0.15, -0.1) is 5.10 Å². The topological polar surface area (TPSA) is 44.1 Å². The maximum absolute atomic E-state index is 11.1. The molecule has 0 aliphatic carbocycles. The number of hydrogen-bond donors (Lipinski definition) is 0. The van der Waals surface area contributed by atoms with E-state index < -0.39 is 0 Å². The summed E-state index contributed by atoms with van der Waals surface area (Å²) in [6.07, 6.45) is 1.72. The average Bonchev–Trinajstić information content (AvgIpc) is 2.48. The number of carbonyl (C=O) groups is 1. The summed E-state index contributed by atoms with van der Waals surface area (Å²) in [7, 11) is 0. The molecule has 72 valence electrons. The van der Waals surface area contributed by atoms with Crippen LogP contribution in [0, 0.1) is 0 Å². The van der Waals surface area contributed by atoms with Crippen LogP contribution in [0.25, 0.3) is 0 Å². The highest BCUT2D eigenvalue weighted by Crippen LogP contribution is 2.16. The van der Waals surface area contributed by atoms with Gasteiger partial charge >= 0.3 is 0 Å². The molecule has 1 aromatic rings. The summed E-state index contributed by atoms with van der Waals surface area (Å²) in [6, 6.07) is 0. The van der Waals surface area contributed by atoms with Crippen LogP contribution in [0.15, 0.2) is 6.20 Å². The number of carbonyl (C=O) groups excluding carboxylic acids is 1. The number of hydrogen-bond acceptors (Lipinski definition) is 3. The Morgan fingerprint density at radius 3 is 2.77 bits per heavy atom. The number of nitrogens with zero attached hydrogens (tertiary/aromatic N) is 2. The summed E-state index contributed by atoms with van der Waals surface area (Å²) in [5, 5.41) is 4.11. The molecule has 0 spiro atoms. The van der Waals surface area contributed by atoms with E-state index in [-0.39, 0.29) is 5.78 Å². The predicted octanol–water partition coefficient (Wildman–Crippen LogP) is 1.50. The zero-order valence-corrected chi connectivity index (χ0v) is 8.20. The van der Waals surface area contributed by atoms with Crippen LogP contribution >= 0.6 is 0 Å². The van der Waals surface area contributed by atoms with Gasteiger partial charge in [0, 0.05) is 12.7 Å². The number of ether oxygens (including phenoxy) is 1. The normalized spacial score (nSPS) is 10.1. The zero-order chi connectivity index (χ0) is 9.84. The second kappa shape index (κ2) is 4.07. The second-order valence-corrected chi connectivity index (χ2v) is 2.69. The molecule has 1 aromatic heterocycles. The van der Waals surface area contributed by atoms with Crippen molar-refractivity contribution in [1.29, 1.82) is 0 Å². The van der Waals surface area contributed by atoms with E-state index in [4.69, 9.17) is 4.74 Å². The molecule has 0 saturated carbocycles. The maximum atomic E-state index is 11.1. The highest BCUT2D eigenvalue weighted by Gasteiger charge is 2.12. The van der Waals surface area contributed by atoms with Gasteiger partial charge in [-0.25, -0.2) is 0 Å². The molecule has 0 N–H and O–H groups in total. The van der Waals surface area contributed by atoms with Crippen molar-refractivity contribution in [1.82, 2.24) is 9.78 Å². The monoisotopic (exact) mass is 182 g/mol. The van der Waals surface area contributed by atoms with Crippen LogP contribution in [-0.2, 0) is 6.54 Å². The van der Waals surface area contributed by atoms with Crippen molar-refractivity contribution < 1.29 is 9.53 Å². The van der Waals surface area contributed by atoms with E-state index in [2.05, 4.69) is 5.10 Å². The Morgan fingerprint density at radius 1 is 1.62 bits per heavy atom. The zero-order valence-electron chi connectivity index (χ0n) is 8.20. The minimum Gasteiger partial charge on any atom is -0.476 e. The first-order chi connectivity index (χ1) is 6.19. The van der Waals surface area contributed by atoms with Gasteiger partial charge in [0.15, 0.2) is 5.78 Å². The molecule has 0 aliphatic heterocycles. The van der Waals surface area contributed by atoms with Gasteiger partial charge in [0.25, 0.3) is 0 Å². The summed E-state index contributed by atoms with van der Waals surface area (Å²) in [6.45, 7) is 6.62. The lowest BCUT2D eigenvalue weighted by molar-refractivity contribution is 0.101. The molecular weight excluding hydrogens is 168 g/mol. The lowest BCUT2D eigenvalue weighted by atomic mass is 10.2. The van der Waals surface area contributed by atoms with Crippen LogP contribution < -0.4 is 4.74 Å². The number of rotatable bonds is 4. The van der Waals surface area contributed by atoms with E-state index in [1.54, 1.807) is 10.9 Å². The molecule has 1 rings (SSSR count).